The number of rotatable bonds is 3. The number of hydrogen-bond acceptors (Lipinski definition) is 2. The summed E-state index contributed by atoms with van der Waals surface area (Å²) in [6, 6.07) is 9.63. The lowest BCUT2D eigenvalue weighted by Gasteiger charge is -2.05. The van der Waals surface area contributed by atoms with Gasteiger partial charge in [-0.15, -0.1) is 0 Å². The molecule has 0 aliphatic rings. The van der Waals surface area contributed by atoms with Crippen molar-refractivity contribution in [1.82, 2.24) is 9.55 Å². The zero-order chi connectivity index (χ0) is 12.4. The molecule has 0 spiro atoms. The van der Waals surface area contributed by atoms with Gasteiger partial charge >= 0.3 is 5.97 Å². The van der Waals surface area contributed by atoms with Crippen molar-refractivity contribution in [2.75, 3.05) is 0 Å². The second-order valence-electron chi connectivity index (χ2n) is 3.78. The number of carboxylic acids is 1. The monoisotopic (exact) mass is 248 g/mol. The number of nitrogens with one attached hydrogen (secondary N) is 1. The van der Waals surface area contributed by atoms with Crippen LogP contribution in [-0.4, -0.2) is 20.6 Å². The summed E-state index contributed by atoms with van der Waals surface area (Å²) in [5.74, 6) is -0.967. The molecule has 5 heteroatoms. The Labute approximate surface area is 104 Å². The molecule has 17 heavy (non-hydrogen) atoms. The summed E-state index contributed by atoms with van der Waals surface area (Å²) >= 11 is 5.12. The summed E-state index contributed by atoms with van der Waals surface area (Å²) in [7, 11) is 0. The average Bonchev–Trinajstić information content (AvgIpc) is 2.55. The highest BCUT2D eigenvalue weighted by Gasteiger charge is 2.15. The Kier molecular flexibility index (Phi) is 3.10. The van der Waals surface area contributed by atoms with E-state index in [4.69, 9.17) is 17.3 Å². The van der Waals surface area contributed by atoms with Gasteiger partial charge < -0.3 is 14.7 Å². The van der Waals surface area contributed by atoms with Gasteiger partial charge in [0.2, 0.25) is 0 Å². The van der Waals surface area contributed by atoms with Gasteiger partial charge in [-0.25, -0.2) is 4.79 Å². The number of aromatic carboxylic acids is 1. The van der Waals surface area contributed by atoms with Gasteiger partial charge in [0.1, 0.15) is 5.69 Å². The van der Waals surface area contributed by atoms with Crippen LogP contribution >= 0.6 is 12.2 Å². The van der Waals surface area contributed by atoms with Gasteiger partial charge in [0.25, 0.3) is 0 Å². The zero-order valence-corrected chi connectivity index (χ0v) is 10.1. The lowest BCUT2D eigenvalue weighted by molar-refractivity contribution is 0.0684. The number of aromatic nitrogens is 2. The third kappa shape index (κ3) is 2.29. The number of imidazole rings is 1. The molecule has 0 atom stereocenters. The van der Waals surface area contributed by atoms with Crippen molar-refractivity contribution < 1.29 is 9.90 Å². The Balaban J connectivity index is 2.46. The van der Waals surface area contributed by atoms with Gasteiger partial charge in [0, 0.05) is 5.69 Å². The molecular weight excluding hydrogens is 236 g/mol. The van der Waals surface area contributed by atoms with E-state index in [1.165, 1.54) is 0 Å². The molecule has 4 nitrogen and oxygen atoms in total. The van der Waals surface area contributed by atoms with Gasteiger partial charge in [-0.1, -0.05) is 30.3 Å². The second-order valence-corrected chi connectivity index (χ2v) is 4.17. The van der Waals surface area contributed by atoms with Crippen LogP contribution in [-0.2, 0) is 6.54 Å². The van der Waals surface area contributed by atoms with Crippen molar-refractivity contribution >= 4 is 18.2 Å². The molecule has 2 aromatic rings. The number of H-pyrrole nitrogens is 1. The molecule has 0 fully saturated rings. The molecule has 2 N–H and O–H groups in total. The molecule has 88 valence electrons. The number of nitrogens with zero attached hydrogens (tertiary/aromatic N) is 1. The predicted molar refractivity (Wildman–Crippen MR) is 66.9 cm³/mol. The summed E-state index contributed by atoms with van der Waals surface area (Å²) in [6.07, 6.45) is 0. The highest BCUT2D eigenvalue weighted by atomic mass is 32.1. The topological polar surface area (TPSA) is 58.0 Å². The molecule has 0 unspecified atom stereocenters. The van der Waals surface area contributed by atoms with Gasteiger partial charge in [0.15, 0.2) is 4.77 Å². The predicted octanol–water partition coefficient (Wildman–Crippen LogP) is 2.60. The van der Waals surface area contributed by atoms with Gasteiger partial charge in [-0.3, -0.25) is 0 Å². The summed E-state index contributed by atoms with van der Waals surface area (Å²) in [4.78, 5) is 14.0. The van der Waals surface area contributed by atoms with Crippen molar-refractivity contribution in [2.24, 2.45) is 0 Å². The van der Waals surface area contributed by atoms with Crippen LogP contribution in [0.4, 0.5) is 0 Å². The largest absolute Gasteiger partial charge is 0.477 e. The second kappa shape index (κ2) is 4.55. The van der Waals surface area contributed by atoms with Crippen molar-refractivity contribution in [1.29, 1.82) is 0 Å². The maximum absolute atomic E-state index is 11.2. The number of aryl methyl sites for hydroxylation is 1. The summed E-state index contributed by atoms with van der Waals surface area (Å²) in [5.41, 5.74) is 1.82. The number of carboxylic acid groups (broad SMARTS) is 1. The van der Waals surface area contributed by atoms with E-state index in [1.54, 1.807) is 11.5 Å². The van der Waals surface area contributed by atoms with Crippen molar-refractivity contribution in [3.63, 3.8) is 0 Å². The Bertz CT molecular complexity index is 599. The normalized spacial score (nSPS) is 10.4. The Morgan fingerprint density at radius 3 is 2.65 bits per heavy atom. The van der Waals surface area contributed by atoms with Crippen LogP contribution in [0.1, 0.15) is 21.7 Å². The van der Waals surface area contributed by atoms with Gasteiger partial charge in [-0.2, -0.15) is 0 Å². The third-order valence-corrected chi connectivity index (χ3v) is 2.87. The highest BCUT2D eigenvalue weighted by molar-refractivity contribution is 7.71. The van der Waals surface area contributed by atoms with Crippen LogP contribution < -0.4 is 0 Å². The molecular formula is C12H12N2O2S. The zero-order valence-electron chi connectivity index (χ0n) is 9.30. The molecule has 0 radical (unpaired) electrons. The molecule has 1 aromatic carbocycles. The first-order valence-electron chi connectivity index (χ1n) is 5.16. The average molecular weight is 248 g/mol. The smallest absolute Gasteiger partial charge is 0.354 e. The van der Waals surface area contributed by atoms with Crippen molar-refractivity contribution in [3.05, 3.63) is 52.1 Å². The molecule has 0 aliphatic heterocycles. The van der Waals surface area contributed by atoms with Crippen LogP contribution in [0, 0.1) is 11.7 Å². The first-order chi connectivity index (χ1) is 8.09. The lowest BCUT2D eigenvalue weighted by atomic mass is 10.2. The van der Waals surface area contributed by atoms with E-state index in [-0.39, 0.29) is 5.69 Å². The Morgan fingerprint density at radius 1 is 1.41 bits per heavy atom. The maximum Gasteiger partial charge on any atom is 0.354 e. The summed E-state index contributed by atoms with van der Waals surface area (Å²) in [5, 5.41) is 9.15. The van der Waals surface area contributed by atoms with E-state index in [1.807, 2.05) is 30.3 Å². The standard InChI is InChI=1S/C12H12N2O2S/c1-8-10(11(15)16)14(12(17)13-8)7-9-5-3-2-4-6-9/h2-6H,7H2,1H3,(H,13,17)(H,15,16). The fourth-order valence-electron chi connectivity index (χ4n) is 1.78. The minimum absolute atomic E-state index is 0.221. The van der Waals surface area contributed by atoms with Gasteiger partial charge in [0.05, 0.1) is 6.54 Å². The van der Waals surface area contributed by atoms with Gasteiger partial charge in [-0.05, 0) is 24.7 Å². The van der Waals surface area contributed by atoms with Crippen LogP contribution in [0.15, 0.2) is 30.3 Å². The third-order valence-electron chi connectivity index (χ3n) is 2.55. The minimum Gasteiger partial charge on any atom is -0.477 e. The van der Waals surface area contributed by atoms with E-state index in [2.05, 4.69) is 4.98 Å². The molecule has 0 saturated heterocycles. The molecule has 0 aliphatic carbocycles. The summed E-state index contributed by atoms with van der Waals surface area (Å²) < 4.78 is 2.03. The Morgan fingerprint density at radius 2 is 2.06 bits per heavy atom. The minimum atomic E-state index is -0.967. The van der Waals surface area contributed by atoms with E-state index in [9.17, 15) is 4.79 Å². The first kappa shape index (κ1) is 11.6. The molecule has 0 bridgehead atoms. The highest BCUT2D eigenvalue weighted by Crippen LogP contribution is 2.11. The molecule has 0 saturated carbocycles. The molecule has 1 aromatic heterocycles. The number of benzene rings is 1. The van der Waals surface area contributed by atoms with Crippen LogP contribution in [0.3, 0.4) is 0 Å². The first-order valence-corrected chi connectivity index (χ1v) is 5.57. The lowest BCUT2D eigenvalue weighted by Crippen LogP contribution is -2.10. The van der Waals surface area contributed by atoms with Crippen LogP contribution in [0.25, 0.3) is 0 Å². The fraction of sp³-hybridized carbons (Fsp3) is 0.167. The van der Waals surface area contributed by atoms with Crippen molar-refractivity contribution in [3.8, 4) is 0 Å². The molecule has 1 heterocycles. The Hall–Kier alpha value is -1.88. The number of hydrogen-bond donors (Lipinski definition) is 2. The quantitative estimate of drug-likeness (QED) is 0.821. The maximum atomic E-state index is 11.2. The van der Waals surface area contributed by atoms with Crippen molar-refractivity contribution in [2.45, 2.75) is 13.5 Å². The summed E-state index contributed by atoms with van der Waals surface area (Å²) in [6.45, 7) is 2.17. The molecule has 0 amide bonds. The van der Waals surface area contributed by atoms with E-state index in [0.717, 1.165) is 5.56 Å². The van der Waals surface area contributed by atoms with Crippen LogP contribution in [0.2, 0.25) is 0 Å². The van der Waals surface area contributed by atoms with E-state index >= 15 is 0 Å². The van der Waals surface area contributed by atoms with E-state index < -0.39 is 5.97 Å². The fourth-order valence-corrected chi connectivity index (χ4v) is 2.09. The number of aromatic amines is 1. The SMILES string of the molecule is Cc1[nH]c(=S)n(Cc2ccccc2)c1C(=O)O. The number of carbonyl (C=O) groups is 1. The van der Waals surface area contributed by atoms with E-state index in [0.29, 0.717) is 17.0 Å². The molecule has 2 rings (SSSR count). The van der Waals surface area contributed by atoms with Crippen LogP contribution in [0.5, 0.6) is 0 Å².